The lowest BCUT2D eigenvalue weighted by Gasteiger charge is -2.04. The highest BCUT2D eigenvalue weighted by molar-refractivity contribution is 7.08. The van der Waals surface area contributed by atoms with Crippen LogP contribution in [0.1, 0.15) is 27.3 Å². The Morgan fingerprint density at radius 3 is 3.00 bits per heavy atom. The van der Waals surface area contributed by atoms with Crippen molar-refractivity contribution in [3.63, 3.8) is 0 Å². The molecule has 0 radical (unpaired) electrons. The number of nitrogens with one attached hydrogen (secondary N) is 1. The number of tetrazole rings is 1. The van der Waals surface area contributed by atoms with E-state index in [2.05, 4.69) is 20.6 Å². The molecule has 0 atom stereocenters. The van der Waals surface area contributed by atoms with Gasteiger partial charge in [-0.1, -0.05) is 12.1 Å². The molecule has 6 nitrogen and oxygen atoms in total. The number of carbonyl (C=O) groups excluding carboxylic acids is 1. The van der Waals surface area contributed by atoms with E-state index in [-0.39, 0.29) is 17.4 Å². The Bertz CT molecular complexity index is 858. The van der Waals surface area contributed by atoms with Gasteiger partial charge in [0.25, 0.3) is 0 Å². The first kappa shape index (κ1) is 15.0. The number of halogens is 1. The number of aliphatic hydroxyl groups is 1. The summed E-state index contributed by atoms with van der Waals surface area (Å²) in [6, 6.07) is 6.24. The van der Waals surface area contributed by atoms with E-state index in [9.17, 15) is 14.3 Å². The predicted molar refractivity (Wildman–Crippen MR) is 82.6 cm³/mol. The summed E-state index contributed by atoms with van der Waals surface area (Å²) in [6.45, 7) is 0. The topological polar surface area (TPSA) is 91.8 Å². The second-order valence-corrected chi connectivity index (χ2v) is 5.49. The molecule has 0 fully saturated rings. The zero-order valence-electron chi connectivity index (χ0n) is 11.7. The number of aliphatic hydroxyl groups excluding tert-OH is 1. The molecule has 23 heavy (non-hydrogen) atoms. The van der Waals surface area contributed by atoms with Gasteiger partial charge in [-0.3, -0.25) is 4.79 Å². The fourth-order valence-electron chi connectivity index (χ4n) is 2.08. The molecule has 2 heterocycles. The van der Waals surface area contributed by atoms with Crippen molar-refractivity contribution in [3.05, 3.63) is 69.4 Å². The molecule has 116 valence electrons. The third kappa shape index (κ3) is 3.49. The highest BCUT2D eigenvalue weighted by atomic mass is 32.1. The second kappa shape index (κ2) is 6.49. The summed E-state index contributed by atoms with van der Waals surface area (Å²) < 4.78 is 13.3. The van der Waals surface area contributed by atoms with E-state index in [1.165, 1.54) is 23.5 Å². The minimum absolute atomic E-state index is 0.126. The van der Waals surface area contributed by atoms with E-state index in [1.54, 1.807) is 17.5 Å². The van der Waals surface area contributed by atoms with Gasteiger partial charge in [0, 0.05) is 17.0 Å². The number of rotatable bonds is 5. The lowest BCUT2D eigenvalue weighted by Crippen LogP contribution is -2.00. The molecular weight excluding hydrogens is 319 g/mol. The number of nitrogens with zero attached hydrogens (tertiary/aromatic N) is 3. The summed E-state index contributed by atoms with van der Waals surface area (Å²) in [4.78, 5) is 11.9. The smallest absolute Gasteiger partial charge is 0.244 e. The first-order valence-corrected chi connectivity index (χ1v) is 7.56. The molecule has 0 aliphatic carbocycles. The monoisotopic (exact) mass is 330 g/mol. The predicted octanol–water partition coefficient (Wildman–Crippen LogP) is 2.77. The molecule has 0 unspecified atom stereocenters. The lowest BCUT2D eigenvalue weighted by atomic mass is 10.0. The quantitative estimate of drug-likeness (QED) is 0.426. The first-order valence-electron chi connectivity index (χ1n) is 6.62. The van der Waals surface area contributed by atoms with Crippen LogP contribution in [0, 0.1) is 5.82 Å². The second-order valence-electron chi connectivity index (χ2n) is 4.75. The zero-order valence-corrected chi connectivity index (χ0v) is 12.5. The molecule has 0 bridgehead atoms. The fourth-order valence-corrected chi connectivity index (χ4v) is 2.94. The molecule has 2 N–H and O–H groups in total. The number of thiophene rings is 1. The molecule has 0 amide bonds. The van der Waals surface area contributed by atoms with Crippen molar-refractivity contribution in [2.24, 2.45) is 0 Å². The van der Waals surface area contributed by atoms with Crippen LogP contribution in [0.2, 0.25) is 0 Å². The van der Waals surface area contributed by atoms with Crippen molar-refractivity contribution in [3.8, 4) is 0 Å². The zero-order chi connectivity index (χ0) is 16.2. The number of aromatic amines is 1. The molecule has 0 saturated carbocycles. The summed E-state index contributed by atoms with van der Waals surface area (Å²) in [5.74, 6) is -1.18. The van der Waals surface area contributed by atoms with Crippen LogP contribution in [-0.2, 0) is 6.42 Å². The Hall–Kier alpha value is -2.87. The average Bonchev–Trinajstić information content (AvgIpc) is 3.18. The van der Waals surface area contributed by atoms with Crippen LogP contribution in [0.5, 0.6) is 0 Å². The van der Waals surface area contributed by atoms with E-state index < -0.39 is 5.78 Å². The van der Waals surface area contributed by atoms with Gasteiger partial charge in [0.1, 0.15) is 11.6 Å². The third-order valence-electron chi connectivity index (χ3n) is 3.14. The van der Waals surface area contributed by atoms with Crippen molar-refractivity contribution in [2.45, 2.75) is 6.42 Å². The van der Waals surface area contributed by atoms with Gasteiger partial charge >= 0.3 is 0 Å². The number of benzene rings is 1. The molecular formula is C15H11FN4O2S. The molecule has 0 spiro atoms. The largest absolute Gasteiger partial charge is 0.507 e. The molecule has 8 heteroatoms. The van der Waals surface area contributed by atoms with Gasteiger partial charge in [-0.25, -0.2) is 4.39 Å². The normalized spacial score (nSPS) is 11.6. The molecule has 3 aromatic rings. The SMILES string of the molecule is O=C(C=C(O)c1cscc1Cc1cccc(F)c1)c1nn[nH]n1. The number of aromatic nitrogens is 4. The minimum atomic E-state index is -0.556. The average molecular weight is 330 g/mol. The molecule has 2 aromatic heterocycles. The van der Waals surface area contributed by atoms with Gasteiger partial charge in [-0.05, 0) is 40.3 Å². The summed E-state index contributed by atoms with van der Waals surface area (Å²) in [5, 5.41) is 26.3. The summed E-state index contributed by atoms with van der Waals surface area (Å²) >= 11 is 1.39. The number of ketones is 1. The highest BCUT2D eigenvalue weighted by Crippen LogP contribution is 2.25. The van der Waals surface area contributed by atoms with Gasteiger partial charge in [0.15, 0.2) is 0 Å². The van der Waals surface area contributed by atoms with Crippen molar-refractivity contribution >= 4 is 22.9 Å². The summed E-state index contributed by atoms with van der Waals surface area (Å²) in [7, 11) is 0. The number of hydrogen-bond donors (Lipinski definition) is 2. The van der Waals surface area contributed by atoms with Gasteiger partial charge in [0.2, 0.25) is 11.6 Å². The maximum atomic E-state index is 13.3. The minimum Gasteiger partial charge on any atom is -0.507 e. The van der Waals surface area contributed by atoms with E-state index in [1.807, 2.05) is 5.38 Å². The van der Waals surface area contributed by atoms with E-state index in [0.717, 1.165) is 17.2 Å². The van der Waals surface area contributed by atoms with Crippen molar-refractivity contribution in [1.82, 2.24) is 20.6 Å². The van der Waals surface area contributed by atoms with Gasteiger partial charge in [-0.2, -0.15) is 16.6 Å². The van der Waals surface area contributed by atoms with Crippen molar-refractivity contribution in [2.75, 3.05) is 0 Å². The highest BCUT2D eigenvalue weighted by Gasteiger charge is 2.14. The van der Waals surface area contributed by atoms with Gasteiger partial charge in [-0.15, -0.1) is 10.2 Å². The Morgan fingerprint density at radius 1 is 1.39 bits per heavy atom. The van der Waals surface area contributed by atoms with Crippen molar-refractivity contribution in [1.29, 1.82) is 0 Å². The first-order chi connectivity index (χ1) is 11.1. The maximum absolute atomic E-state index is 13.3. The molecule has 0 aliphatic heterocycles. The Morgan fingerprint density at radius 2 is 2.26 bits per heavy atom. The van der Waals surface area contributed by atoms with Crippen LogP contribution in [0.3, 0.4) is 0 Å². The van der Waals surface area contributed by atoms with Crippen LogP contribution in [0.15, 0.2) is 41.1 Å². The van der Waals surface area contributed by atoms with Crippen LogP contribution in [0.25, 0.3) is 5.76 Å². The third-order valence-corrected chi connectivity index (χ3v) is 3.93. The maximum Gasteiger partial charge on any atom is 0.244 e. The molecule has 0 aliphatic rings. The van der Waals surface area contributed by atoms with Gasteiger partial charge < -0.3 is 5.11 Å². The standard InChI is InChI=1S/C15H11FN4O2S/c16-11-3-1-2-9(5-11)4-10-7-23-8-12(10)13(21)6-14(22)15-17-19-20-18-15/h1-3,5-8,21H,4H2,(H,17,18,19,20). The van der Waals surface area contributed by atoms with E-state index in [4.69, 9.17) is 0 Å². The number of hydrogen-bond acceptors (Lipinski definition) is 6. The summed E-state index contributed by atoms with van der Waals surface area (Å²) in [5.41, 5.74) is 2.10. The molecule has 0 saturated heterocycles. The molecule has 1 aromatic carbocycles. The Balaban J connectivity index is 1.84. The van der Waals surface area contributed by atoms with Crippen LogP contribution >= 0.6 is 11.3 Å². The number of allylic oxidation sites excluding steroid dienone is 1. The van der Waals surface area contributed by atoms with Crippen LogP contribution in [0.4, 0.5) is 4.39 Å². The number of carbonyl (C=O) groups is 1. The summed E-state index contributed by atoms with van der Waals surface area (Å²) in [6.07, 6.45) is 1.49. The molecule has 3 rings (SSSR count). The lowest BCUT2D eigenvalue weighted by molar-refractivity contribution is 0.103. The van der Waals surface area contributed by atoms with E-state index >= 15 is 0 Å². The van der Waals surface area contributed by atoms with Gasteiger partial charge in [0.05, 0.1) is 0 Å². The van der Waals surface area contributed by atoms with E-state index in [0.29, 0.717) is 12.0 Å². The number of H-pyrrole nitrogens is 1. The van der Waals surface area contributed by atoms with Crippen molar-refractivity contribution < 1.29 is 14.3 Å². The van der Waals surface area contributed by atoms with Crippen LogP contribution in [-0.4, -0.2) is 31.5 Å². The Labute approximate surface area is 134 Å². The van der Waals surface area contributed by atoms with Crippen LogP contribution < -0.4 is 0 Å². The fraction of sp³-hybridized carbons (Fsp3) is 0.0667. The Kier molecular flexibility index (Phi) is 4.24.